The summed E-state index contributed by atoms with van der Waals surface area (Å²) in [4.78, 5) is 18.2. The van der Waals surface area contributed by atoms with E-state index in [0.29, 0.717) is 12.3 Å². The van der Waals surface area contributed by atoms with Gasteiger partial charge in [-0.15, -0.1) is 12.4 Å². The molecule has 0 atom stereocenters. The lowest BCUT2D eigenvalue weighted by atomic mass is 9.71. The molecule has 0 aliphatic heterocycles. The minimum Gasteiger partial charge on any atom is -0.361 e. The molecule has 1 saturated carbocycles. The topological polar surface area (TPSA) is 48.1 Å². The van der Waals surface area contributed by atoms with Crippen LogP contribution in [0, 0.1) is 5.92 Å². The minimum atomic E-state index is 0. The predicted molar refractivity (Wildman–Crippen MR) is 135 cm³/mol. The summed E-state index contributed by atoms with van der Waals surface area (Å²) in [6, 6.07) is 19.3. The summed E-state index contributed by atoms with van der Waals surface area (Å²) in [5, 5.41) is 4.45. The molecule has 2 aromatic carbocycles. The second-order valence-electron chi connectivity index (χ2n) is 9.25. The predicted octanol–water partition coefficient (Wildman–Crippen LogP) is 5.68. The van der Waals surface area contributed by atoms with Crippen molar-refractivity contribution >= 4 is 29.2 Å². The number of H-pyrrole nitrogens is 1. The first-order valence-corrected chi connectivity index (χ1v) is 11.6. The Balaban J connectivity index is 0.00000289. The van der Waals surface area contributed by atoms with Gasteiger partial charge in [-0.05, 0) is 75.7 Å². The number of para-hydroxylation sites is 1. The molecule has 1 aliphatic carbocycles. The molecule has 0 saturated heterocycles. The Hall–Kier alpha value is -2.30. The van der Waals surface area contributed by atoms with Crippen molar-refractivity contribution in [3.05, 3.63) is 71.9 Å². The van der Waals surface area contributed by atoms with Crippen molar-refractivity contribution in [3.8, 4) is 0 Å². The molecular weight excluding hydrogens is 418 g/mol. The van der Waals surface area contributed by atoms with E-state index in [-0.39, 0.29) is 23.9 Å². The Morgan fingerprint density at radius 1 is 1.06 bits per heavy atom. The minimum absolute atomic E-state index is 0. The summed E-state index contributed by atoms with van der Waals surface area (Å²) in [6.07, 6.45) is 9.15. The third-order valence-electron chi connectivity index (χ3n) is 7.19. The van der Waals surface area contributed by atoms with Crippen LogP contribution < -0.4 is 5.32 Å². The molecule has 1 amide bonds. The van der Waals surface area contributed by atoms with E-state index in [1.807, 2.05) is 0 Å². The summed E-state index contributed by atoms with van der Waals surface area (Å²) >= 11 is 0. The number of aromatic nitrogens is 1. The number of carbonyl (C=O) groups excluding carboxylic acids is 1. The van der Waals surface area contributed by atoms with E-state index in [1.165, 1.54) is 22.0 Å². The fraction of sp³-hybridized carbons (Fsp3) is 0.444. The van der Waals surface area contributed by atoms with Crippen molar-refractivity contribution in [1.29, 1.82) is 0 Å². The number of hydrogen-bond acceptors (Lipinski definition) is 2. The van der Waals surface area contributed by atoms with Gasteiger partial charge in [0.25, 0.3) is 0 Å². The molecule has 32 heavy (non-hydrogen) atoms. The monoisotopic (exact) mass is 453 g/mol. The summed E-state index contributed by atoms with van der Waals surface area (Å²) in [7, 11) is 4.38. The van der Waals surface area contributed by atoms with E-state index in [4.69, 9.17) is 0 Å². The highest BCUT2D eigenvalue weighted by molar-refractivity contribution is 5.85. The first-order valence-electron chi connectivity index (χ1n) is 11.6. The SMILES string of the molecule is CN(C)C1(c2ccccc2)CCC(CC(=O)NCCCc2c[nH]c3ccccc23)CC1.Cl. The van der Waals surface area contributed by atoms with Gasteiger partial charge >= 0.3 is 0 Å². The van der Waals surface area contributed by atoms with Crippen molar-refractivity contribution in [2.75, 3.05) is 20.6 Å². The fourth-order valence-corrected chi connectivity index (χ4v) is 5.28. The zero-order valence-corrected chi connectivity index (χ0v) is 20.1. The van der Waals surface area contributed by atoms with Crippen LogP contribution in [0.15, 0.2) is 60.8 Å². The van der Waals surface area contributed by atoms with Gasteiger partial charge in [-0.25, -0.2) is 0 Å². The number of nitrogens with zero attached hydrogens (tertiary/aromatic N) is 1. The highest BCUT2D eigenvalue weighted by Gasteiger charge is 2.38. The second-order valence-corrected chi connectivity index (χ2v) is 9.25. The van der Waals surface area contributed by atoms with Crippen LogP contribution in [-0.2, 0) is 16.8 Å². The van der Waals surface area contributed by atoms with Crippen molar-refractivity contribution in [2.45, 2.75) is 50.5 Å². The Bertz CT molecular complexity index is 990. The van der Waals surface area contributed by atoms with Crippen LogP contribution >= 0.6 is 12.4 Å². The summed E-state index contributed by atoms with van der Waals surface area (Å²) in [5.74, 6) is 0.700. The number of hydrogen-bond donors (Lipinski definition) is 2. The van der Waals surface area contributed by atoms with Gasteiger partial charge < -0.3 is 10.3 Å². The van der Waals surface area contributed by atoms with Crippen LogP contribution in [0.3, 0.4) is 0 Å². The second kappa shape index (κ2) is 11.0. The van der Waals surface area contributed by atoms with E-state index >= 15 is 0 Å². The highest BCUT2D eigenvalue weighted by Crippen LogP contribution is 2.43. The van der Waals surface area contributed by atoms with E-state index in [0.717, 1.165) is 45.1 Å². The lowest BCUT2D eigenvalue weighted by Gasteiger charge is -2.45. The smallest absolute Gasteiger partial charge is 0.220 e. The van der Waals surface area contributed by atoms with Gasteiger partial charge in [-0.1, -0.05) is 48.5 Å². The summed E-state index contributed by atoms with van der Waals surface area (Å²) < 4.78 is 0. The number of aromatic amines is 1. The Kier molecular flexibility index (Phi) is 8.38. The number of halogens is 1. The Morgan fingerprint density at radius 3 is 2.47 bits per heavy atom. The number of carbonyl (C=O) groups is 1. The van der Waals surface area contributed by atoms with Gasteiger partial charge in [0.15, 0.2) is 0 Å². The van der Waals surface area contributed by atoms with Crippen molar-refractivity contribution in [2.24, 2.45) is 5.92 Å². The molecule has 5 heteroatoms. The molecular formula is C27H36ClN3O. The van der Waals surface area contributed by atoms with Crippen molar-refractivity contribution in [3.63, 3.8) is 0 Å². The van der Waals surface area contributed by atoms with E-state index < -0.39 is 0 Å². The molecule has 2 N–H and O–H groups in total. The average Bonchev–Trinajstić information content (AvgIpc) is 3.21. The molecule has 1 aliphatic rings. The molecule has 1 aromatic heterocycles. The molecule has 1 fully saturated rings. The van der Waals surface area contributed by atoms with Crippen LogP contribution in [0.5, 0.6) is 0 Å². The largest absolute Gasteiger partial charge is 0.361 e. The third-order valence-corrected chi connectivity index (χ3v) is 7.19. The van der Waals surface area contributed by atoms with Crippen molar-refractivity contribution < 1.29 is 4.79 Å². The maximum atomic E-state index is 12.5. The number of amides is 1. The Labute approximate surface area is 198 Å². The lowest BCUT2D eigenvalue weighted by molar-refractivity contribution is -0.122. The van der Waals surface area contributed by atoms with Gasteiger partial charge in [0.05, 0.1) is 0 Å². The van der Waals surface area contributed by atoms with Crippen LogP contribution in [0.25, 0.3) is 10.9 Å². The first kappa shape index (κ1) is 24.3. The van der Waals surface area contributed by atoms with Gasteiger partial charge in [-0.2, -0.15) is 0 Å². The van der Waals surface area contributed by atoms with Gasteiger partial charge in [-0.3, -0.25) is 9.69 Å². The van der Waals surface area contributed by atoms with Crippen LogP contribution in [0.4, 0.5) is 0 Å². The quantitative estimate of drug-likeness (QED) is 0.431. The normalized spacial score (nSPS) is 20.8. The number of nitrogens with one attached hydrogen (secondary N) is 2. The highest BCUT2D eigenvalue weighted by atomic mass is 35.5. The van der Waals surface area contributed by atoms with Crippen LogP contribution in [-0.4, -0.2) is 36.4 Å². The average molecular weight is 454 g/mol. The molecule has 0 unspecified atom stereocenters. The van der Waals surface area contributed by atoms with Crippen molar-refractivity contribution in [1.82, 2.24) is 15.2 Å². The number of fused-ring (bicyclic) bond motifs is 1. The lowest BCUT2D eigenvalue weighted by Crippen LogP contribution is -2.44. The maximum absolute atomic E-state index is 12.5. The fourth-order valence-electron chi connectivity index (χ4n) is 5.28. The van der Waals surface area contributed by atoms with Gasteiger partial charge in [0.1, 0.15) is 0 Å². The standard InChI is InChI=1S/C27H35N3O.ClH/c1-30(2)27(23-10-4-3-5-11-23)16-14-21(15-17-27)19-26(31)28-18-8-9-22-20-29-25-13-7-6-12-24(22)25;/h3-7,10-13,20-21,29H,8-9,14-19H2,1-2H3,(H,28,31);1H. The Morgan fingerprint density at radius 2 is 1.75 bits per heavy atom. The number of rotatable bonds is 8. The third kappa shape index (κ3) is 5.36. The van der Waals surface area contributed by atoms with Gasteiger partial charge in [0, 0.05) is 35.6 Å². The van der Waals surface area contributed by atoms with Crippen LogP contribution in [0.1, 0.15) is 49.7 Å². The first-order chi connectivity index (χ1) is 15.1. The maximum Gasteiger partial charge on any atom is 0.220 e. The zero-order chi connectivity index (χ0) is 21.7. The molecule has 3 aromatic rings. The number of benzene rings is 2. The van der Waals surface area contributed by atoms with Gasteiger partial charge in [0.2, 0.25) is 5.91 Å². The van der Waals surface area contributed by atoms with E-state index in [9.17, 15) is 4.79 Å². The van der Waals surface area contributed by atoms with Crippen LogP contribution in [0.2, 0.25) is 0 Å². The summed E-state index contributed by atoms with van der Waals surface area (Å²) in [6.45, 7) is 0.747. The molecule has 0 radical (unpaired) electrons. The summed E-state index contributed by atoms with van der Waals surface area (Å²) in [5.41, 5.74) is 4.02. The number of aryl methyl sites for hydroxylation is 1. The molecule has 1 heterocycles. The van der Waals surface area contributed by atoms with E-state index in [1.54, 1.807) is 0 Å². The zero-order valence-electron chi connectivity index (χ0n) is 19.3. The molecule has 4 rings (SSSR count). The molecule has 4 nitrogen and oxygen atoms in total. The van der Waals surface area contributed by atoms with E-state index in [2.05, 4.69) is 90.1 Å². The molecule has 0 spiro atoms. The molecule has 0 bridgehead atoms. The molecule has 172 valence electrons.